The number of carbonyl (C=O) groups excluding carboxylic acids is 1. The van der Waals surface area contributed by atoms with Gasteiger partial charge in [-0.3, -0.25) is 9.59 Å². The molecular formula is C19H18ClNO5S. The Hall–Kier alpha value is -2.38. The molecule has 0 radical (unpaired) electrons. The molecule has 142 valence electrons. The number of fused-ring (bicyclic) bond motifs is 2. The van der Waals surface area contributed by atoms with Gasteiger partial charge in [0.15, 0.2) is 0 Å². The zero-order valence-corrected chi connectivity index (χ0v) is 16.0. The van der Waals surface area contributed by atoms with Crippen molar-refractivity contribution in [3.8, 4) is 0 Å². The smallest absolute Gasteiger partial charge is 0.303 e. The Morgan fingerprint density at radius 3 is 2.52 bits per heavy atom. The second-order valence-corrected chi connectivity index (χ2v) is 8.60. The summed E-state index contributed by atoms with van der Waals surface area (Å²) in [4.78, 5) is 25.2. The summed E-state index contributed by atoms with van der Waals surface area (Å²) in [6, 6.07) is 10.5. The Bertz CT molecular complexity index is 1000. The molecule has 8 heteroatoms. The maximum atomic E-state index is 13.1. The SMILES string of the molecule is O=C(O)CCCCCN1C(=O)c2ccccc2S(=O)(=O)c2ccc(Cl)cc21. The minimum Gasteiger partial charge on any atom is -0.481 e. The molecule has 0 saturated heterocycles. The molecule has 1 aliphatic rings. The van der Waals surface area contributed by atoms with Crippen molar-refractivity contribution in [2.24, 2.45) is 0 Å². The minimum absolute atomic E-state index is 0.0213. The Morgan fingerprint density at radius 2 is 1.78 bits per heavy atom. The molecule has 0 bridgehead atoms. The van der Waals surface area contributed by atoms with E-state index in [1.54, 1.807) is 12.1 Å². The van der Waals surface area contributed by atoms with Crippen LogP contribution in [-0.2, 0) is 14.6 Å². The number of amides is 1. The Labute approximate surface area is 162 Å². The van der Waals surface area contributed by atoms with Gasteiger partial charge in [-0.1, -0.05) is 30.2 Å². The molecule has 1 aliphatic heterocycles. The predicted octanol–water partition coefficient (Wildman–Crippen LogP) is 3.78. The number of hydrogen-bond acceptors (Lipinski definition) is 4. The fourth-order valence-corrected chi connectivity index (χ4v) is 4.92. The highest BCUT2D eigenvalue weighted by Gasteiger charge is 2.35. The van der Waals surface area contributed by atoms with Gasteiger partial charge in [0.05, 0.1) is 21.0 Å². The first-order valence-electron chi connectivity index (χ1n) is 8.49. The quantitative estimate of drug-likeness (QED) is 0.735. The van der Waals surface area contributed by atoms with Crippen molar-refractivity contribution in [2.75, 3.05) is 11.4 Å². The first-order chi connectivity index (χ1) is 12.8. The first-order valence-corrected chi connectivity index (χ1v) is 10.4. The first kappa shape index (κ1) is 19.4. The van der Waals surface area contributed by atoms with Crippen LogP contribution < -0.4 is 4.90 Å². The molecule has 3 rings (SSSR count). The monoisotopic (exact) mass is 407 g/mol. The zero-order valence-electron chi connectivity index (χ0n) is 14.4. The average molecular weight is 408 g/mol. The lowest BCUT2D eigenvalue weighted by atomic mass is 10.1. The van der Waals surface area contributed by atoms with Gasteiger partial charge in [0.25, 0.3) is 5.91 Å². The summed E-state index contributed by atoms with van der Waals surface area (Å²) in [5, 5.41) is 9.05. The van der Waals surface area contributed by atoms with Gasteiger partial charge >= 0.3 is 5.97 Å². The van der Waals surface area contributed by atoms with Crippen LogP contribution in [0.2, 0.25) is 5.02 Å². The number of sulfone groups is 1. The normalized spacial score (nSPS) is 15.0. The molecule has 27 heavy (non-hydrogen) atoms. The van der Waals surface area contributed by atoms with Crippen LogP contribution in [0, 0.1) is 0 Å². The third-order valence-electron chi connectivity index (χ3n) is 4.43. The second-order valence-electron chi connectivity index (χ2n) is 6.27. The molecular weight excluding hydrogens is 390 g/mol. The van der Waals surface area contributed by atoms with Crippen molar-refractivity contribution in [3.05, 3.63) is 53.1 Å². The van der Waals surface area contributed by atoms with E-state index in [0.29, 0.717) is 24.3 Å². The van der Waals surface area contributed by atoms with E-state index in [1.807, 2.05) is 0 Å². The molecule has 0 fully saturated rings. The lowest BCUT2D eigenvalue weighted by Crippen LogP contribution is -2.31. The molecule has 1 N–H and O–H groups in total. The van der Waals surface area contributed by atoms with E-state index in [4.69, 9.17) is 16.7 Å². The largest absolute Gasteiger partial charge is 0.481 e. The average Bonchev–Trinajstić information content (AvgIpc) is 2.69. The minimum atomic E-state index is -3.87. The van der Waals surface area contributed by atoms with E-state index in [-0.39, 0.29) is 34.0 Å². The van der Waals surface area contributed by atoms with Gasteiger partial charge in [0.1, 0.15) is 0 Å². The summed E-state index contributed by atoms with van der Waals surface area (Å²) in [5.74, 6) is -1.27. The van der Waals surface area contributed by atoms with Gasteiger partial charge in [0, 0.05) is 18.0 Å². The molecule has 2 aromatic carbocycles. The van der Waals surface area contributed by atoms with E-state index >= 15 is 0 Å². The van der Waals surface area contributed by atoms with E-state index in [2.05, 4.69) is 0 Å². The number of hydrogen-bond donors (Lipinski definition) is 1. The van der Waals surface area contributed by atoms with Gasteiger partial charge in [-0.05, 0) is 43.2 Å². The molecule has 0 aromatic heterocycles. The second kappa shape index (κ2) is 7.70. The molecule has 0 aliphatic carbocycles. The van der Waals surface area contributed by atoms with Crippen LogP contribution in [0.4, 0.5) is 5.69 Å². The van der Waals surface area contributed by atoms with E-state index in [9.17, 15) is 18.0 Å². The van der Waals surface area contributed by atoms with E-state index in [0.717, 1.165) is 0 Å². The standard InChI is InChI=1S/C19H18ClNO5S/c20-13-9-10-17-15(12-13)21(11-5-1-2-8-18(22)23)19(24)14-6-3-4-7-16(14)27(17,25)26/h3-4,6-7,9-10,12H,1-2,5,8,11H2,(H,22,23). The maximum Gasteiger partial charge on any atom is 0.303 e. The van der Waals surface area contributed by atoms with Gasteiger partial charge in [-0.15, -0.1) is 0 Å². The number of aliphatic carboxylic acids is 1. The fraction of sp³-hybridized carbons (Fsp3) is 0.263. The summed E-state index contributed by atoms with van der Waals surface area (Å²) in [5.41, 5.74) is 0.372. The molecule has 6 nitrogen and oxygen atoms in total. The summed E-state index contributed by atoms with van der Waals surface area (Å²) in [6.45, 7) is 0.273. The van der Waals surface area contributed by atoms with Crippen LogP contribution in [-0.4, -0.2) is 31.9 Å². The van der Waals surface area contributed by atoms with Crippen LogP contribution in [0.5, 0.6) is 0 Å². The third kappa shape index (κ3) is 3.84. The lowest BCUT2D eigenvalue weighted by molar-refractivity contribution is -0.137. The van der Waals surface area contributed by atoms with Crippen molar-refractivity contribution in [2.45, 2.75) is 35.5 Å². The van der Waals surface area contributed by atoms with Crippen LogP contribution in [0.1, 0.15) is 36.0 Å². The van der Waals surface area contributed by atoms with Crippen LogP contribution in [0.3, 0.4) is 0 Å². The van der Waals surface area contributed by atoms with Crippen LogP contribution in [0.15, 0.2) is 52.3 Å². The number of nitrogens with zero attached hydrogens (tertiary/aromatic N) is 1. The molecule has 1 amide bonds. The molecule has 2 aromatic rings. The van der Waals surface area contributed by atoms with Crippen molar-refractivity contribution in [1.29, 1.82) is 0 Å². The fourth-order valence-electron chi connectivity index (χ4n) is 3.12. The Morgan fingerprint density at radius 1 is 1.04 bits per heavy atom. The predicted molar refractivity (Wildman–Crippen MR) is 101 cm³/mol. The maximum absolute atomic E-state index is 13.1. The zero-order chi connectivity index (χ0) is 19.6. The van der Waals surface area contributed by atoms with Crippen LogP contribution in [0.25, 0.3) is 0 Å². The van der Waals surface area contributed by atoms with Crippen molar-refractivity contribution < 1.29 is 23.1 Å². The topological polar surface area (TPSA) is 91.8 Å². The number of anilines is 1. The van der Waals surface area contributed by atoms with Crippen molar-refractivity contribution in [3.63, 3.8) is 0 Å². The molecule has 1 heterocycles. The Balaban J connectivity index is 2.01. The van der Waals surface area contributed by atoms with Gasteiger partial charge < -0.3 is 10.0 Å². The Kier molecular flexibility index (Phi) is 5.53. The van der Waals surface area contributed by atoms with Crippen molar-refractivity contribution in [1.82, 2.24) is 0 Å². The summed E-state index contributed by atoms with van der Waals surface area (Å²) in [6.07, 6.45) is 1.72. The number of carbonyl (C=O) groups is 2. The summed E-state index contributed by atoms with van der Waals surface area (Å²) < 4.78 is 26.2. The number of rotatable bonds is 6. The highest BCUT2D eigenvalue weighted by atomic mass is 35.5. The third-order valence-corrected chi connectivity index (χ3v) is 6.52. The highest BCUT2D eigenvalue weighted by Crippen LogP contribution is 2.38. The van der Waals surface area contributed by atoms with E-state index in [1.165, 1.54) is 35.2 Å². The van der Waals surface area contributed by atoms with Gasteiger partial charge in [0.2, 0.25) is 9.84 Å². The van der Waals surface area contributed by atoms with Crippen molar-refractivity contribution >= 4 is 39.0 Å². The number of halogens is 1. The summed E-state index contributed by atoms with van der Waals surface area (Å²) >= 11 is 6.07. The number of benzene rings is 2. The van der Waals surface area contributed by atoms with E-state index < -0.39 is 21.7 Å². The lowest BCUT2D eigenvalue weighted by Gasteiger charge is -2.23. The molecule has 0 saturated carbocycles. The molecule has 0 unspecified atom stereocenters. The number of unbranched alkanes of at least 4 members (excludes halogenated alkanes) is 2. The molecule has 0 spiro atoms. The highest BCUT2D eigenvalue weighted by molar-refractivity contribution is 7.91. The summed E-state index contributed by atoms with van der Waals surface area (Å²) in [7, 11) is -3.87. The number of carboxylic acids is 1. The number of carboxylic acid groups (broad SMARTS) is 1. The van der Waals surface area contributed by atoms with Gasteiger partial charge in [-0.2, -0.15) is 0 Å². The molecule has 0 atom stereocenters. The van der Waals surface area contributed by atoms with Gasteiger partial charge in [-0.25, -0.2) is 8.42 Å². The van der Waals surface area contributed by atoms with Crippen LogP contribution >= 0.6 is 11.6 Å².